The number of carbonyl (C=O) groups is 1. The summed E-state index contributed by atoms with van der Waals surface area (Å²) in [6, 6.07) is 11.5. The van der Waals surface area contributed by atoms with Crippen LogP contribution >= 0.6 is 11.7 Å². The van der Waals surface area contributed by atoms with Crippen molar-refractivity contribution in [2.75, 3.05) is 0 Å². The molecule has 0 saturated carbocycles. The van der Waals surface area contributed by atoms with Crippen LogP contribution in [-0.4, -0.2) is 27.4 Å². The molecule has 110 valence electrons. The van der Waals surface area contributed by atoms with Crippen molar-refractivity contribution in [1.82, 2.24) is 13.1 Å². The highest BCUT2D eigenvalue weighted by Crippen LogP contribution is 2.31. The van der Waals surface area contributed by atoms with Crippen LogP contribution in [0.2, 0.25) is 0 Å². The van der Waals surface area contributed by atoms with Gasteiger partial charge in [-0.05, 0) is 29.8 Å². The minimum absolute atomic E-state index is 0.0106. The van der Waals surface area contributed by atoms with Crippen molar-refractivity contribution in [2.24, 2.45) is 0 Å². The maximum absolute atomic E-state index is 12.5. The number of carbonyl (C=O) groups excluding carboxylic acids is 1. The third-order valence-corrected chi connectivity index (χ3v) is 5.90. The molecule has 8 heteroatoms. The van der Waals surface area contributed by atoms with Crippen LogP contribution in [0.3, 0.4) is 0 Å². The summed E-state index contributed by atoms with van der Waals surface area (Å²) in [6.07, 6.45) is 0. The lowest BCUT2D eigenvalue weighted by atomic mass is 10.2. The second-order valence-electron chi connectivity index (χ2n) is 4.90. The molecule has 1 amide bonds. The van der Waals surface area contributed by atoms with E-state index in [1.54, 1.807) is 30.3 Å². The highest BCUT2D eigenvalue weighted by atomic mass is 32.2. The first-order chi connectivity index (χ1) is 10.6. The molecule has 2 heterocycles. The highest BCUT2D eigenvalue weighted by Gasteiger charge is 2.40. The molecule has 3 aromatic rings. The lowest BCUT2D eigenvalue weighted by Crippen LogP contribution is -2.29. The second-order valence-corrected chi connectivity index (χ2v) is 7.26. The van der Waals surface area contributed by atoms with E-state index in [4.69, 9.17) is 0 Å². The van der Waals surface area contributed by atoms with Gasteiger partial charge < -0.3 is 0 Å². The third-order valence-electron chi connectivity index (χ3n) is 3.56. The standard InChI is InChI=1S/C14H9N3O3S2/c18-14-10-3-1-2-4-13(10)22(19,20)17(14)8-9-5-6-11-12(7-9)16-21-15-11/h1-7H,8H2. The van der Waals surface area contributed by atoms with Gasteiger partial charge in [-0.1, -0.05) is 18.2 Å². The van der Waals surface area contributed by atoms with Gasteiger partial charge in [0.15, 0.2) is 0 Å². The topological polar surface area (TPSA) is 80.2 Å². The van der Waals surface area contributed by atoms with Gasteiger partial charge in [-0.25, -0.2) is 12.7 Å². The molecule has 0 fully saturated rings. The molecule has 0 radical (unpaired) electrons. The van der Waals surface area contributed by atoms with Gasteiger partial charge in [0, 0.05) is 0 Å². The van der Waals surface area contributed by atoms with Crippen LogP contribution in [0.25, 0.3) is 11.0 Å². The van der Waals surface area contributed by atoms with Crippen LogP contribution in [0.1, 0.15) is 15.9 Å². The summed E-state index contributed by atoms with van der Waals surface area (Å²) in [6.45, 7) is -0.0106. The Balaban J connectivity index is 1.76. The van der Waals surface area contributed by atoms with Crippen molar-refractivity contribution in [1.29, 1.82) is 0 Å². The summed E-state index contributed by atoms with van der Waals surface area (Å²) < 4.78 is 34.1. The van der Waals surface area contributed by atoms with E-state index in [-0.39, 0.29) is 17.0 Å². The fourth-order valence-corrected chi connectivity index (χ4v) is 4.55. The summed E-state index contributed by atoms with van der Waals surface area (Å²) in [5, 5.41) is 0. The molecule has 0 unspecified atom stereocenters. The van der Waals surface area contributed by atoms with Gasteiger partial charge in [0.1, 0.15) is 15.9 Å². The number of aromatic nitrogens is 2. The molecule has 1 aliphatic heterocycles. The maximum atomic E-state index is 12.5. The molecule has 1 aliphatic rings. The molecule has 0 N–H and O–H groups in total. The fraction of sp³-hybridized carbons (Fsp3) is 0.0714. The van der Waals surface area contributed by atoms with Gasteiger partial charge in [0.25, 0.3) is 15.9 Å². The van der Waals surface area contributed by atoms with Gasteiger partial charge in [-0.15, -0.1) is 0 Å². The first-order valence-electron chi connectivity index (χ1n) is 6.45. The Morgan fingerprint density at radius 1 is 1.05 bits per heavy atom. The average Bonchev–Trinajstić information content (AvgIpc) is 3.05. The number of sulfonamides is 1. The van der Waals surface area contributed by atoms with E-state index in [0.717, 1.165) is 21.6 Å². The largest absolute Gasteiger partial charge is 0.269 e. The predicted molar refractivity (Wildman–Crippen MR) is 80.9 cm³/mol. The Hall–Kier alpha value is -2.32. The van der Waals surface area contributed by atoms with Crippen molar-refractivity contribution < 1.29 is 13.2 Å². The number of fused-ring (bicyclic) bond motifs is 2. The van der Waals surface area contributed by atoms with Crippen LogP contribution in [0, 0.1) is 0 Å². The van der Waals surface area contributed by atoms with Crippen LogP contribution in [0.5, 0.6) is 0 Å². The Labute approximate surface area is 130 Å². The quantitative estimate of drug-likeness (QED) is 0.718. The van der Waals surface area contributed by atoms with Gasteiger partial charge in [-0.3, -0.25) is 4.79 Å². The van der Waals surface area contributed by atoms with Gasteiger partial charge in [0.2, 0.25) is 0 Å². The molecule has 6 nitrogen and oxygen atoms in total. The maximum Gasteiger partial charge on any atom is 0.269 e. The second kappa shape index (κ2) is 4.59. The Kier molecular flexibility index (Phi) is 2.78. The molecule has 0 atom stereocenters. The first kappa shape index (κ1) is 13.4. The van der Waals surface area contributed by atoms with Crippen molar-refractivity contribution in [3.8, 4) is 0 Å². The zero-order valence-corrected chi connectivity index (χ0v) is 12.8. The van der Waals surface area contributed by atoms with Crippen LogP contribution in [-0.2, 0) is 16.6 Å². The van der Waals surface area contributed by atoms with Crippen LogP contribution < -0.4 is 0 Å². The molecule has 0 bridgehead atoms. The fourth-order valence-electron chi connectivity index (χ4n) is 2.48. The number of hydrogen-bond donors (Lipinski definition) is 0. The van der Waals surface area contributed by atoms with Crippen molar-refractivity contribution in [2.45, 2.75) is 11.4 Å². The van der Waals surface area contributed by atoms with E-state index >= 15 is 0 Å². The average molecular weight is 331 g/mol. The lowest BCUT2D eigenvalue weighted by Gasteiger charge is -2.14. The van der Waals surface area contributed by atoms with E-state index in [0.29, 0.717) is 11.1 Å². The SMILES string of the molecule is O=C1c2ccccc2S(=O)(=O)N1Cc1ccc2nsnc2c1. The van der Waals surface area contributed by atoms with Crippen molar-refractivity contribution >= 4 is 38.7 Å². The normalized spacial score (nSPS) is 16.2. The van der Waals surface area contributed by atoms with E-state index in [2.05, 4.69) is 8.75 Å². The molecule has 4 rings (SSSR count). The third kappa shape index (κ3) is 1.84. The molecule has 1 aromatic heterocycles. The lowest BCUT2D eigenvalue weighted by molar-refractivity contribution is 0.0865. The molecule has 0 saturated heterocycles. The number of rotatable bonds is 2. The van der Waals surface area contributed by atoms with E-state index in [1.165, 1.54) is 12.1 Å². The molecule has 0 aliphatic carbocycles. The van der Waals surface area contributed by atoms with Gasteiger partial charge in [0.05, 0.1) is 23.8 Å². The zero-order valence-electron chi connectivity index (χ0n) is 11.1. The van der Waals surface area contributed by atoms with E-state index in [1.807, 2.05) is 0 Å². The Morgan fingerprint density at radius 2 is 1.82 bits per heavy atom. The van der Waals surface area contributed by atoms with Crippen molar-refractivity contribution in [3.05, 3.63) is 53.6 Å². The monoisotopic (exact) mass is 331 g/mol. The minimum Gasteiger partial charge on any atom is -0.268 e. The van der Waals surface area contributed by atoms with E-state index < -0.39 is 15.9 Å². The summed E-state index contributed by atoms with van der Waals surface area (Å²) in [5.74, 6) is -0.493. The predicted octanol–water partition coefficient (Wildman–Crippen LogP) is 2.04. The number of benzene rings is 2. The van der Waals surface area contributed by atoms with Crippen LogP contribution in [0.15, 0.2) is 47.4 Å². The Bertz CT molecular complexity index is 1010. The number of hydrogen-bond acceptors (Lipinski definition) is 6. The molecular formula is C14H9N3O3S2. The minimum atomic E-state index is -3.78. The van der Waals surface area contributed by atoms with E-state index in [9.17, 15) is 13.2 Å². The molecule has 22 heavy (non-hydrogen) atoms. The first-order valence-corrected chi connectivity index (χ1v) is 8.62. The molecule has 0 spiro atoms. The molecule has 2 aromatic carbocycles. The number of amides is 1. The highest BCUT2D eigenvalue weighted by molar-refractivity contribution is 7.90. The number of nitrogens with zero attached hydrogens (tertiary/aromatic N) is 3. The Morgan fingerprint density at radius 3 is 2.64 bits per heavy atom. The summed E-state index contributed by atoms with van der Waals surface area (Å²) >= 11 is 1.10. The van der Waals surface area contributed by atoms with Crippen molar-refractivity contribution in [3.63, 3.8) is 0 Å². The smallest absolute Gasteiger partial charge is 0.268 e. The van der Waals surface area contributed by atoms with Crippen LogP contribution in [0.4, 0.5) is 0 Å². The summed E-state index contributed by atoms with van der Waals surface area (Å²) in [7, 11) is -3.78. The zero-order chi connectivity index (χ0) is 15.3. The van der Waals surface area contributed by atoms with Gasteiger partial charge in [-0.2, -0.15) is 8.75 Å². The van der Waals surface area contributed by atoms with Gasteiger partial charge >= 0.3 is 0 Å². The molecular weight excluding hydrogens is 322 g/mol. The summed E-state index contributed by atoms with van der Waals surface area (Å²) in [5.41, 5.74) is 2.38. The summed E-state index contributed by atoms with van der Waals surface area (Å²) in [4.78, 5) is 12.4.